The summed E-state index contributed by atoms with van der Waals surface area (Å²) < 4.78 is 10.8. The van der Waals surface area contributed by atoms with Crippen molar-refractivity contribution >= 4 is 19.3 Å². The van der Waals surface area contributed by atoms with E-state index in [4.69, 9.17) is 8.23 Å². The van der Waals surface area contributed by atoms with Gasteiger partial charge in [0.05, 0.1) is 0 Å². The second-order valence-corrected chi connectivity index (χ2v) is 7.42. The SMILES string of the molecule is CCCCCCC[SiH]1O[SiH2]O1. The molecule has 0 bridgehead atoms. The van der Waals surface area contributed by atoms with E-state index in [0.29, 0.717) is 0 Å². The van der Waals surface area contributed by atoms with E-state index in [1.165, 1.54) is 38.1 Å². The minimum atomic E-state index is -0.991. The fourth-order valence-corrected chi connectivity index (χ4v) is 4.51. The monoisotopic (exact) mass is 190 g/mol. The zero-order valence-electron chi connectivity index (χ0n) is 7.34. The Labute approximate surface area is 73.2 Å². The number of rotatable bonds is 6. The van der Waals surface area contributed by atoms with E-state index in [1.807, 2.05) is 0 Å². The smallest absolute Gasteiger partial charge is 0.303 e. The molecule has 0 amide bonds. The van der Waals surface area contributed by atoms with Crippen LogP contribution in [-0.4, -0.2) is 19.3 Å². The topological polar surface area (TPSA) is 18.5 Å². The van der Waals surface area contributed by atoms with Crippen molar-refractivity contribution < 1.29 is 8.23 Å². The van der Waals surface area contributed by atoms with Crippen LogP contribution < -0.4 is 0 Å². The highest BCUT2D eigenvalue weighted by atomic mass is 28.4. The maximum absolute atomic E-state index is 5.39. The Morgan fingerprint density at radius 1 is 1.09 bits per heavy atom. The highest BCUT2D eigenvalue weighted by Crippen LogP contribution is 2.12. The van der Waals surface area contributed by atoms with E-state index in [1.54, 1.807) is 0 Å². The zero-order valence-corrected chi connectivity index (χ0v) is 9.91. The molecular formula is C7H18O2Si2. The van der Waals surface area contributed by atoms with Gasteiger partial charge < -0.3 is 8.23 Å². The van der Waals surface area contributed by atoms with Crippen molar-refractivity contribution in [1.82, 2.24) is 0 Å². The first-order valence-corrected chi connectivity index (χ1v) is 7.58. The molecule has 1 aliphatic heterocycles. The van der Waals surface area contributed by atoms with Gasteiger partial charge >= 0.3 is 9.28 Å². The van der Waals surface area contributed by atoms with Crippen molar-refractivity contribution in [1.29, 1.82) is 0 Å². The molecule has 0 atom stereocenters. The summed E-state index contributed by atoms with van der Waals surface area (Å²) in [6.07, 6.45) is 6.84. The zero-order chi connectivity index (χ0) is 7.94. The molecule has 0 spiro atoms. The van der Waals surface area contributed by atoms with E-state index in [9.17, 15) is 0 Å². The first kappa shape index (κ1) is 9.44. The van der Waals surface area contributed by atoms with Crippen LogP contribution in [0.3, 0.4) is 0 Å². The van der Waals surface area contributed by atoms with Gasteiger partial charge in [-0.15, -0.1) is 0 Å². The summed E-state index contributed by atoms with van der Waals surface area (Å²) in [5, 5.41) is 0. The third-order valence-corrected chi connectivity index (χ3v) is 6.99. The van der Waals surface area contributed by atoms with E-state index in [-0.39, 0.29) is 0 Å². The second kappa shape index (κ2) is 5.94. The molecule has 11 heavy (non-hydrogen) atoms. The lowest BCUT2D eigenvalue weighted by Crippen LogP contribution is -2.38. The standard InChI is InChI=1S/C7H18O2Si2/c1-2-3-4-5-6-7-11-8-10-9-11/h11H,2-7,10H2,1H3. The summed E-state index contributed by atoms with van der Waals surface area (Å²) in [4.78, 5) is 0. The lowest BCUT2D eigenvalue weighted by atomic mass is 10.2. The van der Waals surface area contributed by atoms with E-state index >= 15 is 0 Å². The molecule has 1 rings (SSSR count). The van der Waals surface area contributed by atoms with Crippen LogP contribution in [0.25, 0.3) is 0 Å². The van der Waals surface area contributed by atoms with Gasteiger partial charge in [-0.2, -0.15) is 0 Å². The van der Waals surface area contributed by atoms with E-state index < -0.39 is 19.3 Å². The third kappa shape index (κ3) is 4.05. The number of hydrogen-bond acceptors (Lipinski definition) is 2. The molecule has 1 aliphatic rings. The van der Waals surface area contributed by atoms with Crippen molar-refractivity contribution in [3.05, 3.63) is 0 Å². The molecule has 0 N–H and O–H groups in total. The average Bonchev–Trinajstić information content (AvgIpc) is 1.93. The third-order valence-electron chi connectivity index (χ3n) is 2.05. The molecular weight excluding hydrogens is 172 g/mol. The van der Waals surface area contributed by atoms with Crippen LogP contribution in [0, 0.1) is 0 Å². The molecule has 1 fully saturated rings. The Kier molecular flexibility index (Phi) is 5.09. The van der Waals surface area contributed by atoms with Gasteiger partial charge in [0.2, 0.25) is 0 Å². The lowest BCUT2D eigenvalue weighted by Gasteiger charge is -2.25. The number of hydrogen-bond donors (Lipinski definition) is 0. The fraction of sp³-hybridized carbons (Fsp3) is 1.00. The molecule has 0 radical (unpaired) electrons. The molecule has 0 aliphatic carbocycles. The predicted octanol–water partition coefficient (Wildman–Crippen LogP) is 1.22. The second-order valence-electron chi connectivity index (χ2n) is 3.08. The molecule has 0 unspecified atom stereocenters. The van der Waals surface area contributed by atoms with Gasteiger partial charge in [-0.25, -0.2) is 0 Å². The maximum Gasteiger partial charge on any atom is 0.303 e. The van der Waals surface area contributed by atoms with Gasteiger partial charge in [-0.1, -0.05) is 39.0 Å². The van der Waals surface area contributed by atoms with Crippen molar-refractivity contribution in [2.75, 3.05) is 0 Å². The Balaban J connectivity index is 1.73. The van der Waals surface area contributed by atoms with Crippen molar-refractivity contribution in [3.63, 3.8) is 0 Å². The van der Waals surface area contributed by atoms with Crippen molar-refractivity contribution in [3.8, 4) is 0 Å². The Morgan fingerprint density at radius 3 is 2.36 bits per heavy atom. The highest BCUT2D eigenvalue weighted by molar-refractivity contribution is 6.64. The van der Waals surface area contributed by atoms with Gasteiger partial charge in [0.1, 0.15) is 0 Å². The lowest BCUT2D eigenvalue weighted by molar-refractivity contribution is 0.309. The molecule has 1 saturated heterocycles. The highest BCUT2D eigenvalue weighted by Gasteiger charge is 2.20. The quantitative estimate of drug-likeness (QED) is 0.463. The fourth-order valence-electron chi connectivity index (χ4n) is 1.25. The molecule has 66 valence electrons. The van der Waals surface area contributed by atoms with Gasteiger partial charge in [0.25, 0.3) is 10.0 Å². The predicted molar refractivity (Wildman–Crippen MR) is 51.4 cm³/mol. The van der Waals surface area contributed by atoms with Crippen LogP contribution in [0.15, 0.2) is 0 Å². The maximum atomic E-state index is 5.39. The summed E-state index contributed by atoms with van der Waals surface area (Å²) in [5.41, 5.74) is 0. The van der Waals surface area contributed by atoms with Crippen LogP contribution in [-0.2, 0) is 8.23 Å². The van der Waals surface area contributed by atoms with Crippen LogP contribution in [0.4, 0.5) is 0 Å². The van der Waals surface area contributed by atoms with E-state index in [0.717, 1.165) is 0 Å². The molecule has 0 saturated carbocycles. The molecule has 0 aromatic rings. The van der Waals surface area contributed by atoms with Crippen LogP contribution in [0.2, 0.25) is 6.04 Å². The van der Waals surface area contributed by atoms with E-state index in [2.05, 4.69) is 6.92 Å². The summed E-state index contributed by atoms with van der Waals surface area (Å²) in [6.45, 7) is 2.25. The van der Waals surface area contributed by atoms with Gasteiger partial charge in [0, 0.05) is 0 Å². The van der Waals surface area contributed by atoms with Crippen molar-refractivity contribution in [2.24, 2.45) is 0 Å². The normalized spacial score (nSPS) is 25.4. The Hall–Kier alpha value is 0.354. The summed E-state index contributed by atoms with van der Waals surface area (Å²) >= 11 is 0. The Morgan fingerprint density at radius 2 is 1.82 bits per heavy atom. The summed E-state index contributed by atoms with van der Waals surface area (Å²) in [5.74, 6) is 0. The molecule has 1 heterocycles. The molecule has 2 nitrogen and oxygen atoms in total. The van der Waals surface area contributed by atoms with Crippen molar-refractivity contribution in [2.45, 2.75) is 45.1 Å². The van der Waals surface area contributed by atoms with Gasteiger partial charge in [-0.05, 0) is 6.04 Å². The first-order chi connectivity index (χ1) is 5.43. The van der Waals surface area contributed by atoms with Gasteiger partial charge in [-0.3, -0.25) is 0 Å². The minimum absolute atomic E-state index is 0.425. The average molecular weight is 190 g/mol. The largest absolute Gasteiger partial charge is 0.422 e. The summed E-state index contributed by atoms with van der Waals surface area (Å²) in [7, 11) is -1.42. The Bertz CT molecular complexity index is 96.4. The van der Waals surface area contributed by atoms with Crippen LogP contribution >= 0.6 is 0 Å². The molecule has 0 aromatic heterocycles. The minimum Gasteiger partial charge on any atom is -0.422 e. The van der Waals surface area contributed by atoms with Gasteiger partial charge in [0.15, 0.2) is 0 Å². The summed E-state index contributed by atoms with van der Waals surface area (Å²) in [6, 6.07) is 1.26. The first-order valence-electron chi connectivity index (χ1n) is 4.66. The molecule has 0 aromatic carbocycles. The molecule has 4 heteroatoms. The van der Waals surface area contributed by atoms with Crippen LogP contribution in [0.1, 0.15) is 39.0 Å². The van der Waals surface area contributed by atoms with Crippen LogP contribution in [0.5, 0.6) is 0 Å². The number of unbranched alkanes of at least 4 members (excludes halogenated alkanes) is 4.